The number of fused-ring (bicyclic) bond motifs is 6. The minimum Gasteiger partial charge on any atom is -0.357 e. The lowest BCUT2D eigenvalue weighted by Crippen LogP contribution is -2.58. The van der Waals surface area contributed by atoms with Gasteiger partial charge in [0.25, 0.3) is 0 Å². The van der Waals surface area contributed by atoms with Gasteiger partial charge >= 0.3 is 0 Å². The number of rotatable bonds is 2. The number of aromatic nitrogens is 1. The van der Waals surface area contributed by atoms with Crippen LogP contribution in [-0.2, 0) is 16.8 Å². The highest BCUT2D eigenvalue weighted by Crippen LogP contribution is 2.51. The number of nitrogens with one attached hydrogen (secondary N) is 1. The number of ketones is 1. The zero-order valence-electron chi connectivity index (χ0n) is 14.8. The van der Waals surface area contributed by atoms with Crippen LogP contribution in [0.3, 0.4) is 0 Å². The van der Waals surface area contributed by atoms with Crippen LogP contribution in [0, 0.1) is 11.8 Å². The number of hydrogen-bond donors (Lipinski definition) is 1. The molecule has 0 bridgehead atoms. The van der Waals surface area contributed by atoms with Gasteiger partial charge in [0.05, 0.1) is 5.54 Å². The van der Waals surface area contributed by atoms with Crippen LogP contribution in [0.15, 0.2) is 36.9 Å². The minimum absolute atomic E-state index is 0.00708. The Morgan fingerprint density at radius 2 is 2.16 bits per heavy atom. The summed E-state index contributed by atoms with van der Waals surface area (Å²) < 4.78 is 0. The molecule has 25 heavy (non-hydrogen) atoms. The van der Waals surface area contributed by atoms with Crippen molar-refractivity contribution in [1.29, 1.82) is 0 Å². The van der Waals surface area contributed by atoms with Gasteiger partial charge in [-0.3, -0.25) is 9.69 Å². The number of carbonyl (C=O) groups excluding carboxylic acids is 1. The van der Waals surface area contributed by atoms with Gasteiger partial charge in [0.2, 0.25) is 0 Å². The van der Waals surface area contributed by atoms with Gasteiger partial charge in [0.1, 0.15) is 5.78 Å². The third-order valence-electron chi connectivity index (χ3n) is 7.00. The van der Waals surface area contributed by atoms with E-state index in [0.717, 1.165) is 51.6 Å². The largest absolute Gasteiger partial charge is 0.357 e. The summed E-state index contributed by atoms with van der Waals surface area (Å²) >= 11 is 0. The van der Waals surface area contributed by atoms with Crippen molar-refractivity contribution in [3.63, 3.8) is 0 Å². The van der Waals surface area contributed by atoms with Crippen LogP contribution >= 0.6 is 0 Å². The third-order valence-corrected chi connectivity index (χ3v) is 7.00. The second-order valence-electron chi connectivity index (χ2n) is 8.25. The molecule has 1 aliphatic carbocycles. The number of piperidine rings is 1. The molecule has 3 nitrogen and oxygen atoms in total. The zero-order chi connectivity index (χ0) is 17.0. The lowest BCUT2D eigenvalue weighted by atomic mass is 9.64. The average Bonchev–Trinajstić information content (AvgIpc) is 3.00. The predicted molar refractivity (Wildman–Crippen MR) is 101 cm³/mol. The fourth-order valence-electron chi connectivity index (χ4n) is 5.87. The summed E-state index contributed by atoms with van der Waals surface area (Å²) in [7, 11) is 0. The van der Waals surface area contributed by atoms with E-state index >= 15 is 0 Å². The number of carbonyl (C=O) groups is 1. The summed E-state index contributed by atoms with van der Waals surface area (Å²) in [6, 6.07) is 8.69. The van der Waals surface area contributed by atoms with Crippen molar-refractivity contribution >= 4 is 16.7 Å². The first-order chi connectivity index (χ1) is 12.2. The first kappa shape index (κ1) is 15.4. The van der Waals surface area contributed by atoms with E-state index in [-0.39, 0.29) is 5.54 Å². The lowest BCUT2D eigenvalue weighted by molar-refractivity contribution is -0.126. The van der Waals surface area contributed by atoms with Gasteiger partial charge in [-0.15, -0.1) is 6.58 Å². The molecule has 3 heteroatoms. The minimum atomic E-state index is 0.00708. The molecule has 2 fully saturated rings. The second-order valence-corrected chi connectivity index (χ2v) is 8.25. The Morgan fingerprint density at radius 1 is 1.28 bits per heavy atom. The van der Waals surface area contributed by atoms with E-state index in [1.165, 1.54) is 22.2 Å². The predicted octanol–water partition coefficient (Wildman–Crippen LogP) is 4.19. The SMILES string of the molecule is C=CCC12C[C@H]3CC(=O)CC[C@@H]3CN1CCc1c2[nH]c2ccccc12. The standard InChI is InChI=1S/C22H26N2O/c1-2-10-22-13-16-12-17(25)8-7-15(16)14-24(22)11-9-19-18-5-3-4-6-20(18)23-21(19)22/h2-6,15-16,23H,1,7-14H2/t15-,16-,22?/m1/s1. The van der Waals surface area contributed by atoms with Crippen LogP contribution in [0.5, 0.6) is 0 Å². The number of para-hydroxylation sites is 1. The average molecular weight is 334 g/mol. The molecule has 1 aromatic heterocycles. The van der Waals surface area contributed by atoms with E-state index in [1.54, 1.807) is 0 Å². The Hall–Kier alpha value is -1.87. The summed E-state index contributed by atoms with van der Waals surface area (Å²) in [6.45, 7) is 6.34. The molecule has 1 aromatic carbocycles. The van der Waals surface area contributed by atoms with E-state index in [4.69, 9.17) is 0 Å². The number of Topliss-reactive ketones (excluding diaryl/α,β-unsaturated/α-hetero) is 1. The summed E-state index contributed by atoms with van der Waals surface area (Å²) in [4.78, 5) is 18.6. The monoisotopic (exact) mass is 334 g/mol. The van der Waals surface area contributed by atoms with Gasteiger partial charge in [0, 0.05) is 42.5 Å². The van der Waals surface area contributed by atoms with Crippen LogP contribution in [0.25, 0.3) is 10.9 Å². The summed E-state index contributed by atoms with van der Waals surface area (Å²) in [5, 5.41) is 1.38. The maximum absolute atomic E-state index is 12.1. The highest BCUT2D eigenvalue weighted by Gasteiger charge is 2.51. The molecule has 3 aliphatic rings. The fraction of sp³-hybridized carbons (Fsp3) is 0.500. The number of aromatic amines is 1. The number of H-pyrrole nitrogens is 1. The number of benzene rings is 1. The quantitative estimate of drug-likeness (QED) is 0.836. The van der Waals surface area contributed by atoms with Crippen LogP contribution in [0.4, 0.5) is 0 Å². The van der Waals surface area contributed by atoms with E-state index in [2.05, 4.69) is 46.8 Å². The second kappa shape index (κ2) is 5.57. The lowest BCUT2D eigenvalue weighted by Gasteiger charge is -2.55. The fourth-order valence-corrected chi connectivity index (χ4v) is 5.87. The Kier molecular flexibility index (Phi) is 3.43. The summed E-state index contributed by atoms with van der Waals surface area (Å²) in [5.74, 6) is 1.70. The molecule has 3 atom stereocenters. The third kappa shape index (κ3) is 2.18. The van der Waals surface area contributed by atoms with Gasteiger partial charge in [-0.05, 0) is 49.1 Å². The first-order valence-corrected chi connectivity index (χ1v) is 9.69. The molecular formula is C22H26N2O. The summed E-state index contributed by atoms with van der Waals surface area (Å²) in [6.07, 6.45) is 7.92. The molecule has 130 valence electrons. The van der Waals surface area contributed by atoms with Crippen LogP contribution < -0.4 is 0 Å². The van der Waals surface area contributed by atoms with Crippen molar-refractivity contribution in [3.8, 4) is 0 Å². The molecular weight excluding hydrogens is 308 g/mol. The van der Waals surface area contributed by atoms with E-state index in [0.29, 0.717) is 17.6 Å². The van der Waals surface area contributed by atoms with Crippen LogP contribution in [0.2, 0.25) is 0 Å². The normalized spacial score (nSPS) is 32.1. The number of hydrogen-bond acceptors (Lipinski definition) is 2. The van der Waals surface area contributed by atoms with Crippen LogP contribution in [-0.4, -0.2) is 28.8 Å². The molecule has 3 heterocycles. The maximum Gasteiger partial charge on any atom is 0.133 e. The van der Waals surface area contributed by atoms with E-state index < -0.39 is 0 Å². The molecule has 1 saturated carbocycles. The molecule has 0 spiro atoms. The molecule has 0 amide bonds. The highest BCUT2D eigenvalue weighted by atomic mass is 16.1. The van der Waals surface area contributed by atoms with Crippen molar-refractivity contribution in [3.05, 3.63) is 48.2 Å². The zero-order valence-corrected chi connectivity index (χ0v) is 14.8. The van der Waals surface area contributed by atoms with Crippen molar-refractivity contribution in [2.24, 2.45) is 11.8 Å². The summed E-state index contributed by atoms with van der Waals surface area (Å²) in [5.41, 5.74) is 4.15. The Labute approximate surface area is 149 Å². The van der Waals surface area contributed by atoms with Crippen molar-refractivity contribution < 1.29 is 4.79 Å². The Bertz CT molecular complexity index is 851. The molecule has 1 unspecified atom stereocenters. The first-order valence-electron chi connectivity index (χ1n) is 9.69. The van der Waals surface area contributed by atoms with Gasteiger partial charge in [-0.25, -0.2) is 0 Å². The van der Waals surface area contributed by atoms with E-state index in [1.807, 2.05) is 0 Å². The topological polar surface area (TPSA) is 36.1 Å². The molecule has 1 saturated heterocycles. The number of nitrogens with zero attached hydrogens (tertiary/aromatic N) is 1. The molecule has 0 radical (unpaired) electrons. The van der Waals surface area contributed by atoms with Crippen molar-refractivity contribution in [2.75, 3.05) is 13.1 Å². The Morgan fingerprint density at radius 3 is 3.04 bits per heavy atom. The highest BCUT2D eigenvalue weighted by molar-refractivity contribution is 5.85. The van der Waals surface area contributed by atoms with E-state index in [9.17, 15) is 4.79 Å². The van der Waals surface area contributed by atoms with Crippen molar-refractivity contribution in [1.82, 2.24) is 9.88 Å². The van der Waals surface area contributed by atoms with Gasteiger partial charge < -0.3 is 4.98 Å². The van der Waals surface area contributed by atoms with Crippen LogP contribution in [0.1, 0.15) is 43.4 Å². The maximum atomic E-state index is 12.1. The van der Waals surface area contributed by atoms with Gasteiger partial charge in [0.15, 0.2) is 0 Å². The molecule has 5 rings (SSSR count). The van der Waals surface area contributed by atoms with Gasteiger partial charge in [-0.1, -0.05) is 24.3 Å². The van der Waals surface area contributed by atoms with Gasteiger partial charge in [-0.2, -0.15) is 0 Å². The molecule has 2 aromatic rings. The molecule has 1 N–H and O–H groups in total. The molecule has 2 aliphatic heterocycles. The Balaban J connectivity index is 1.65. The van der Waals surface area contributed by atoms with Crippen molar-refractivity contribution in [2.45, 2.75) is 44.1 Å². The smallest absolute Gasteiger partial charge is 0.133 e.